The molecule has 0 saturated carbocycles. The highest BCUT2D eigenvalue weighted by Crippen LogP contribution is 2.25. The molecule has 8 heteroatoms. The topological polar surface area (TPSA) is 98.5 Å². The molecule has 0 aromatic heterocycles. The van der Waals surface area contributed by atoms with Crippen molar-refractivity contribution in [2.24, 2.45) is 0 Å². The SMILES string of the molecule is CCCOC(=O)c1ccc(NC(=O)c2ccc(Cl)c([N+](=O)[O-])c2)cc1. The van der Waals surface area contributed by atoms with E-state index in [1.165, 1.54) is 24.3 Å². The molecule has 1 N–H and O–H groups in total. The zero-order valence-electron chi connectivity index (χ0n) is 13.3. The van der Waals surface area contributed by atoms with Crippen molar-refractivity contribution in [1.29, 1.82) is 0 Å². The van der Waals surface area contributed by atoms with Gasteiger partial charge in [-0.25, -0.2) is 4.79 Å². The summed E-state index contributed by atoms with van der Waals surface area (Å²) < 4.78 is 5.01. The maximum Gasteiger partial charge on any atom is 0.338 e. The molecule has 0 aliphatic heterocycles. The fraction of sp³-hybridized carbons (Fsp3) is 0.176. The van der Waals surface area contributed by atoms with Crippen LogP contribution in [0.5, 0.6) is 0 Å². The first-order chi connectivity index (χ1) is 11.9. The van der Waals surface area contributed by atoms with Crippen LogP contribution >= 0.6 is 11.6 Å². The summed E-state index contributed by atoms with van der Waals surface area (Å²) in [7, 11) is 0. The molecule has 0 fully saturated rings. The maximum absolute atomic E-state index is 12.2. The fourth-order valence-corrected chi connectivity index (χ4v) is 2.15. The number of anilines is 1. The minimum atomic E-state index is -0.657. The third-order valence-corrected chi connectivity index (χ3v) is 3.54. The molecule has 0 aliphatic carbocycles. The van der Waals surface area contributed by atoms with Crippen molar-refractivity contribution in [3.8, 4) is 0 Å². The fourth-order valence-electron chi connectivity index (χ4n) is 1.96. The van der Waals surface area contributed by atoms with Crippen LogP contribution in [0.1, 0.15) is 34.1 Å². The van der Waals surface area contributed by atoms with Crippen LogP contribution in [0.2, 0.25) is 5.02 Å². The summed E-state index contributed by atoms with van der Waals surface area (Å²) in [5, 5.41) is 13.4. The maximum atomic E-state index is 12.2. The van der Waals surface area contributed by atoms with E-state index in [4.69, 9.17) is 16.3 Å². The number of esters is 1. The Hall–Kier alpha value is -2.93. The number of rotatable bonds is 6. The van der Waals surface area contributed by atoms with Crippen LogP contribution in [-0.2, 0) is 4.74 Å². The summed E-state index contributed by atoms with van der Waals surface area (Å²) in [6.45, 7) is 2.24. The highest BCUT2D eigenvalue weighted by atomic mass is 35.5. The molecule has 0 spiro atoms. The van der Waals surface area contributed by atoms with E-state index in [2.05, 4.69) is 5.32 Å². The number of amides is 1. The highest BCUT2D eigenvalue weighted by Gasteiger charge is 2.16. The lowest BCUT2D eigenvalue weighted by atomic mass is 10.1. The molecule has 0 unspecified atom stereocenters. The smallest absolute Gasteiger partial charge is 0.338 e. The lowest BCUT2D eigenvalue weighted by Crippen LogP contribution is -2.12. The van der Waals surface area contributed by atoms with Crippen molar-refractivity contribution in [3.05, 3.63) is 68.7 Å². The van der Waals surface area contributed by atoms with Crippen LogP contribution in [0, 0.1) is 10.1 Å². The summed E-state index contributed by atoms with van der Waals surface area (Å²) in [4.78, 5) is 34.1. The first-order valence-electron chi connectivity index (χ1n) is 7.45. The van der Waals surface area contributed by atoms with E-state index in [1.807, 2.05) is 6.92 Å². The highest BCUT2D eigenvalue weighted by molar-refractivity contribution is 6.32. The first-order valence-corrected chi connectivity index (χ1v) is 7.82. The predicted molar refractivity (Wildman–Crippen MR) is 93.1 cm³/mol. The van der Waals surface area contributed by atoms with E-state index in [-0.39, 0.29) is 16.3 Å². The van der Waals surface area contributed by atoms with Crippen LogP contribution in [0.3, 0.4) is 0 Å². The number of carbonyl (C=O) groups is 2. The number of hydrogen-bond donors (Lipinski definition) is 1. The third-order valence-electron chi connectivity index (χ3n) is 3.22. The van der Waals surface area contributed by atoms with Crippen molar-refractivity contribution in [2.45, 2.75) is 13.3 Å². The number of benzene rings is 2. The van der Waals surface area contributed by atoms with Gasteiger partial charge >= 0.3 is 5.97 Å². The number of halogens is 1. The summed E-state index contributed by atoms with van der Waals surface area (Å²) in [6.07, 6.45) is 0.729. The van der Waals surface area contributed by atoms with Gasteiger partial charge in [0.2, 0.25) is 0 Å². The Morgan fingerprint density at radius 1 is 1.16 bits per heavy atom. The quantitative estimate of drug-likeness (QED) is 0.474. The zero-order chi connectivity index (χ0) is 18.4. The van der Waals surface area contributed by atoms with Crippen LogP contribution in [0.4, 0.5) is 11.4 Å². The molecule has 7 nitrogen and oxygen atoms in total. The van der Waals surface area contributed by atoms with Gasteiger partial charge in [-0.15, -0.1) is 0 Å². The van der Waals surface area contributed by atoms with Gasteiger partial charge in [-0.2, -0.15) is 0 Å². The molecule has 2 aromatic carbocycles. The van der Waals surface area contributed by atoms with Gasteiger partial charge in [0.05, 0.1) is 17.1 Å². The van der Waals surface area contributed by atoms with Gasteiger partial charge < -0.3 is 10.1 Å². The molecule has 130 valence electrons. The van der Waals surface area contributed by atoms with Gasteiger partial charge in [0, 0.05) is 17.3 Å². The summed E-state index contributed by atoms with van der Waals surface area (Å²) in [5.41, 5.74) is 0.564. The average molecular weight is 363 g/mol. The Bertz CT molecular complexity index is 805. The van der Waals surface area contributed by atoms with E-state index in [1.54, 1.807) is 12.1 Å². The summed E-state index contributed by atoms with van der Waals surface area (Å²) in [6, 6.07) is 9.93. The normalized spacial score (nSPS) is 10.2. The van der Waals surface area contributed by atoms with Crippen LogP contribution < -0.4 is 5.32 Å². The molecule has 0 saturated heterocycles. The van der Waals surface area contributed by atoms with E-state index in [0.717, 1.165) is 12.5 Å². The molecule has 2 aromatic rings. The van der Waals surface area contributed by atoms with Crippen LogP contribution in [0.15, 0.2) is 42.5 Å². The first kappa shape index (κ1) is 18.4. The van der Waals surface area contributed by atoms with Gasteiger partial charge in [0.15, 0.2) is 0 Å². The average Bonchev–Trinajstić information content (AvgIpc) is 2.60. The molecule has 0 atom stereocenters. The van der Waals surface area contributed by atoms with E-state index in [9.17, 15) is 19.7 Å². The largest absolute Gasteiger partial charge is 0.462 e. The van der Waals surface area contributed by atoms with E-state index >= 15 is 0 Å². The second-order valence-electron chi connectivity index (χ2n) is 5.09. The number of nitro benzene ring substituents is 1. The second-order valence-corrected chi connectivity index (χ2v) is 5.50. The molecular formula is C17H15ClN2O5. The van der Waals surface area contributed by atoms with Crippen molar-refractivity contribution in [2.75, 3.05) is 11.9 Å². The van der Waals surface area contributed by atoms with Crippen LogP contribution in [0.25, 0.3) is 0 Å². The number of carbonyl (C=O) groups excluding carboxylic acids is 2. The molecule has 0 bridgehead atoms. The Labute approximate surface area is 148 Å². The van der Waals surface area contributed by atoms with Crippen molar-refractivity contribution in [3.63, 3.8) is 0 Å². The van der Waals surface area contributed by atoms with Crippen LogP contribution in [-0.4, -0.2) is 23.4 Å². The van der Waals surface area contributed by atoms with Gasteiger partial charge in [-0.05, 0) is 42.8 Å². The molecule has 0 aliphatic rings. The van der Waals surface area contributed by atoms with E-state index in [0.29, 0.717) is 17.9 Å². The van der Waals surface area contributed by atoms with E-state index < -0.39 is 16.8 Å². The Morgan fingerprint density at radius 2 is 1.80 bits per heavy atom. The predicted octanol–water partition coefficient (Wildman–Crippen LogP) is 4.07. The van der Waals surface area contributed by atoms with Gasteiger partial charge in [0.25, 0.3) is 11.6 Å². The zero-order valence-corrected chi connectivity index (χ0v) is 14.1. The molecule has 1 amide bonds. The lowest BCUT2D eigenvalue weighted by molar-refractivity contribution is -0.384. The minimum Gasteiger partial charge on any atom is -0.462 e. The Kier molecular flexibility index (Phi) is 6.08. The van der Waals surface area contributed by atoms with Gasteiger partial charge in [-0.1, -0.05) is 18.5 Å². The Balaban J connectivity index is 2.09. The molecular weight excluding hydrogens is 348 g/mol. The molecule has 25 heavy (non-hydrogen) atoms. The second kappa shape index (κ2) is 8.25. The number of ether oxygens (including phenoxy) is 1. The lowest BCUT2D eigenvalue weighted by Gasteiger charge is -2.07. The molecule has 0 radical (unpaired) electrons. The number of hydrogen-bond acceptors (Lipinski definition) is 5. The van der Waals surface area contributed by atoms with Gasteiger partial charge in [-0.3, -0.25) is 14.9 Å². The monoisotopic (exact) mass is 362 g/mol. The van der Waals surface area contributed by atoms with Crippen molar-refractivity contribution < 1.29 is 19.2 Å². The number of nitro groups is 1. The third kappa shape index (κ3) is 4.77. The van der Waals surface area contributed by atoms with Crippen molar-refractivity contribution in [1.82, 2.24) is 0 Å². The number of nitrogens with zero attached hydrogens (tertiary/aromatic N) is 1. The summed E-state index contributed by atoms with van der Waals surface area (Å²) >= 11 is 5.72. The standard InChI is InChI=1S/C17H15ClN2O5/c1-2-9-25-17(22)11-3-6-13(7-4-11)19-16(21)12-5-8-14(18)15(10-12)20(23)24/h3-8,10H,2,9H2,1H3,(H,19,21). The molecule has 0 heterocycles. The summed E-state index contributed by atoms with van der Waals surface area (Å²) in [5.74, 6) is -0.964. The van der Waals surface area contributed by atoms with Crippen molar-refractivity contribution >= 4 is 34.9 Å². The van der Waals surface area contributed by atoms with Gasteiger partial charge in [0.1, 0.15) is 5.02 Å². The number of nitrogens with one attached hydrogen (secondary N) is 1. The minimum absolute atomic E-state index is 0.0449. The molecule has 2 rings (SSSR count). The Morgan fingerprint density at radius 3 is 2.40 bits per heavy atom.